The number of nitrogens with zero attached hydrogens (tertiary/aromatic N) is 5. The molecule has 0 aliphatic rings. The highest BCUT2D eigenvalue weighted by atomic mass is 32.2. The summed E-state index contributed by atoms with van der Waals surface area (Å²) in [5.74, 6) is 1.16. The summed E-state index contributed by atoms with van der Waals surface area (Å²) < 4.78 is 6.92. The first kappa shape index (κ1) is 16.5. The van der Waals surface area contributed by atoms with E-state index in [-0.39, 0.29) is 10.8 Å². The second kappa shape index (κ2) is 6.75. The van der Waals surface area contributed by atoms with Crippen LogP contribution >= 0.6 is 11.8 Å². The number of rotatable bonds is 5. The van der Waals surface area contributed by atoms with Gasteiger partial charge in [-0.3, -0.25) is 4.79 Å². The fraction of sp³-hybridized carbons (Fsp3) is 0.235. The second-order valence-corrected chi connectivity index (χ2v) is 6.99. The van der Waals surface area contributed by atoms with Crippen LogP contribution in [0.4, 0.5) is 0 Å². The van der Waals surface area contributed by atoms with Crippen molar-refractivity contribution >= 4 is 22.8 Å². The second-order valence-electron chi connectivity index (χ2n) is 5.66. The molecule has 9 heteroatoms. The number of nitrogens with one attached hydrogen (secondary N) is 1. The first-order valence-corrected chi connectivity index (χ1v) is 9.06. The van der Waals surface area contributed by atoms with Crippen LogP contribution in [0.1, 0.15) is 30.8 Å². The lowest BCUT2D eigenvalue weighted by Gasteiger charge is -2.06. The Balaban J connectivity index is 1.71. The normalized spacial score (nSPS) is 12.5. The molecule has 8 nitrogen and oxygen atoms in total. The van der Waals surface area contributed by atoms with Crippen molar-refractivity contribution in [3.8, 4) is 5.69 Å². The molecule has 1 unspecified atom stereocenters. The largest absolute Gasteiger partial charge is 0.338 e. The number of fused-ring (bicyclic) bond motifs is 1. The van der Waals surface area contributed by atoms with Gasteiger partial charge in [0, 0.05) is 6.42 Å². The van der Waals surface area contributed by atoms with Crippen LogP contribution in [0.3, 0.4) is 0 Å². The van der Waals surface area contributed by atoms with Crippen molar-refractivity contribution < 1.29 is 4.52 Å². The van der Waals surface area contributed by atoms with Crippen molar-refractivity contribution in [1.29, 1.82) is 0 Å². The molecule has 0 saturated carbocycles. The van der Waals surface area contributed by atoms with Crippen LogP contribution in [0, 0.1) is 0 Å². The van der Waals surface area contributed by atoms with Gasteiger partial charge in [0.2, 0.25) is 5.89 Å². The van der Waals surface area contributed by atoms with Crippen LogP contribution in [-0.2, 0) is 6.42 Å². The zero-order valence-electron chi connectivity index (χ0n) is 14.2. The van der Waals surface area contributed by atoms with Gasteiger partial charge in [0.25, 0.3) is 5.56 Å². The van der Waals surface area contributed by atoms with Gasteiger partial charge in [-0.15, -0.1) is 0 Å². The Labute approximate surface area is 152 Å². The highest BCUT2D eigenvalue weighted by Gasteiger charge is 2.18. The number of para-hydroxylation sites is 1. The van der Waals surface area contributed by atoms with Gasteiger partial charge in [-0.05, 0) is 19.1 Å². The quantitative estimate of drug-likeness (QED) is 0.427. The lowest BCUT2D eigenvalue weighted by molar-refractivity contribution is 0.375. The number of benzene rings is 1. The fourth-order valence-electron chi connectivity index (χ4n) is 2.51. The number of aromatic amines is 1. The van der Waals surface area contributed by atoms with Crippen molar-refractivity contribution in [3.63, 3.8) is 0 Å². The van der Waals surface area contributed by atoms with Gasteiger partial charge in [-0.2, -0.15) is 10.1 Å². The molecule has 1 aromatic carbocycles. The molecule has 0 radical (unpaired) electrons. The Bertz CT molecular complexity index is 1100. The van der Waals surface area contributed by atoms with E-state index in [4.69, 9.17) is 4.52 Å². The van der Waals surface area contributed by atoms with Crippen LogP contribution in [-0.4, -0.2) is 29.9 Å². The fourth-order valence-corrected chi connectivity index (χ4v) is 3.33. The molecule has 132 valence electrons. The molecule has 26 heavy (non-hydrogen) atoms. The summed E-state index contributed by atoms with van der Waals surface area (Å²) in [6.45, 7) is 3.89. The van der Waals surface area contributed by atoms with Gasteiger partial charge < -0.3 is 9.51 Å². The van der Waals surface area contributed by atoms with E-state index in [0.29, 0.717) is 34.3 Å². The van der Waals surface area contributed by atoms with Gasteiger partial charge in [-0.25, -0.2) is 9.67 Å². The third kappa shape index (κ3) is 3.01. The molecule has 0 saturated heterocycles. The first-order valence-electron chi connectivity index (χ1n) is 8.18. The number of aryl methyl sites for hydroxylation is 1. The molecule has 1 atom stereocenters. The van der Waals surface area contributed by atoms with Gasteiger partial charge in [0.05, 0.1) is 17.1 Å². The van der Waals surface area contributed by atoms with Crippen molar-refractivity contribution in [2.45, 2.75) is 30.7 Å². The lowest BCUT2D eigenvalue weighted by Crippen LogP contribution is -2.10. The van der Waals surface area contributed by atoms with Crippen LogP contribution in [0.15, 0.2) is 51.0 Å². The molecule has 3 aromatic heterocycles. The molecular weight excluding hydrogens is 352 g/mol. The minimum absolute atomic E-state index is 0.142. The Morgan fingerprint density at radius 2 is 2.08 bits per heavy atom. The number of H-pyrrole nitrogens is 1. The van der Waals surface area contributed by atoms with Gasteiger partial charge >= 0.3 is 0 Å². The predicted octanol–water partition coefficient (Wildman–Crippen LogP) is 2.91. The molecule has 0 amide bonds. The molecule has 3 heterocycles. The van der Waals surface area contributed by atoms with Crippen LogP contribution in [0.2, 0.25) is 0 Å². The molecule has 0 spiro atoms. The molecule has 0 aliphatic carbocycles. The minimum Gasteiger partial charge on any atom is -0.338 e. The monoisotopic (exact) mass is 368 g/mol. The summed E-state index contributed by atoms with van der Waals surface area (Å²) in [6.07, 6.45) is 2.23. The Morgan fingerprint density at radius 1 is 1.27 bits per heavy atom. The molecule has 4 aromatic rings. The number of hydrogen-bond acceptors (Lipinski definition) is 7. The third-order valence-electron chi connectivity index (χ3n) is 3.85. The molecule has 0 aliphatic heterocycles. The summed E-state index contributed by atoms with van der Waals surface area (Å²) in [4.78, 5) is 24.1. The topological polar surface area (TPSA) is 102 Å². The van der Waals surface area contributed by atoms with Crippen molar-refractivity contribution in [1.82, 2.24) is 29.9 Å². The Kier molecular flexibility index (Phi) is 4.29. The average molecular weight is 368 g/mol. The van der Waals surface area contributed by atoms with Gasteiger partial charge in [0.1, 0.15) is 5.39 Å². The Morgan fingerprint density at radius 3 is 2.81 bits per heavy atom. The predicted molar refractivity (Wildman–Crippen MR) is 97.4 cm³/mol. The summed E-state index contributed by atoms with van der Waals surface area (Å²) in [5.41, 5.74) is 1.12. The SMILES string of the molecule is CCc1noc(C(C)Sc2nc3c(cnn3-c3ccccc3)c(=O)[nH]2)n1. The third-order valence-corrected chi connectivity index (χ3v) is 4.83. The summed E-state index contributed by atoms with van der Waals surface area (Å²) >= 11 is 1.35. The van der Waals surface area contributed by atoms with E-state index in [1.807, 2.05) is 44.2 Å². The molecule has 0 fully saturated rings. The maximum atomic E-state index is 12.4. The van der Waals surface area contributed by atoms with E-state index in [0.717, 1.165) is 5.69 Å². The maximum Gasteiger partial charge on any atom is 0.262 e. The standard InChI is InChI=1S/C17H16N6O2S/c1-3-13-19-16(25-22-13)10(2)26-17-20-14-12(15(24)21-17)9-18-23(14)11-7-5-4-6-8-11/h4-10H,3H2,1-2H3,(H,20,21,24). The van der Waals surface area contributed by atoms with Gasteiger partial charge in [0.15, 0.2) is 16.6 Å². The summed E-state index contributed by atoms with van der Waals surface area (Å²) in [6, 6.07) is 9.57. The van der Waals surface area contributed by atoms with E-state index < -0.39 is 0 Å². The first-order chi connectivity index (χ1) is 12.7. The highest BCUT2D eigenvalue weighted by molar-refractivity contribution is 7.99. The summed E-state index contributed by atoms with van der Waals surface area (Å²) in [7, 11) is 0. The van der Waals surface area contributed by atoms with E-state index in [2.05, 4.69) is 25.2 Å². The highest BCUT2D eigenvalue weighted by Crippen LogP contribution is 2.31. The average Bonchev–Trinajstić information content (AvgIpc) is 3.29. The molecule has 0 bridgehead atoms. The molecule has 1 N–H and O–H groups in total. The van der Waals surface area contributed by atoms with Crippen LogP contribution in [0.5, 0.6) is 0 Å². The van der Waals surface area contributed by atoms with E-state index in [1.165, 1.54) is 18.0 Å². The maximum absolute atomic E-state index is 12.4. The van der Waals surface area contributed by atoms with Crippen molar-refractivity contribution in [2.75, 3.05) is 0 Å². The Hall–Kier alpha value is -2.94. The zero-order valence-corrected chi connectivity index (χ0v) is 15.0. The van der Waals surface area contributed by atoms with E-state index in [1.54, 1.807) is 4.68 Å². The summed E-state index contributed by atoms with van der Waals surface area (Å²) in [5, 5.41) is 8.98. The van der Waals surface area contributed by atoms with Crippen molar-refractivity contribution in [3.05, 3.63) is 58.6 Å². The minimum atomic E-state index is -0.230. The molecule has 4 rings (SSSR count). The number of thioether (sulfide) groups is 1. The van der Waals surface area contributed by atoms with Gasteiger partial charge in [-0.1, -0.05) is 42.0 Å². The molecular formula is C17H16N6O2S. The zero-order chi connectivity index (χ0) is 18.1. The number of aromatic nitrogens is 6. The van der Waals surface area contributed by atoms with E-state index in [9.17, 15) is 4.79 Å². The smallest absolute Gasteiger partial charge is 0.262 e. The lowest BCUT2D eigenvalue weighted by atomic mass is 10.3. The van der Waals surface area contributed by atoms with Crippen LogP contribution in [0.25, 0.3) is 16.7 Å². The van der Waals surface area contributed by atoms with E-state index >= 15 is 0 Å². The number of hydrogen-bond donors (Lipinski definition) is 1. The van der Waals surface area contributed by atoms with Crippen LogP contribution < -0.4 is 5.56 Å². The van der Waals surface area contributed by atoms with Crippen molar-refractivity contribution in [2.24, 2.45) is 0 Å².